The molecule has 16 heavy (non-hydrogen) atoms. The lowest BCUT2D eigenvalue weighted by Gasteiger charge is -2.06. The van der Waals surface area contributed by atoms with Gasteiger partial charge in [-0.05, 0) is 31.8 Å². The van der Waals surface area contributed by atoms with E-state index in [4.69, 9.17) is 0 Å². The normalized spacial score (nSPS) is 12.2. The highest BCUT2D eigenvalue weighted by atomic mass is 32.2. The van der Waals surface area contributed by atoms with Gasteiger partial charge in [-0.25, -0.2) is 8.42 Å². The van der Waals surface area contributed by atoms with E-state index in [0.29, 0.717) is 11.7 Å². The molecule has 0 aromatic rings. The molecule has 0 radical (unpaired) electrons. The van der Waals surface area contributed by atoms with Crippen molar-refractivity contribution in [2.45, 2.75) is 46.5 Å². The maximum Gasteiger partial charge on any atom is 0.150 e. The molecule has 0 aliphatic heterocycles. The summed E-state index contributed by atoms with van der Waals surface area (Å²) in [6.07, 6.45) is 4.13. The Labute approximate surface area is 101 Å². The fourth-order valence-corrected chi connectivity index (χ4v) is 2.39. The third kappa shape index (κ3) is 10.4. The Morgan fingerprint density at radius 1 is 1.06 bits per heavy atom. The van der Waals surface area contributed by atoms with Crippen molar-refractivity contribution in [1.82, 2.24) is 5.32 Å². The molecule has 0 fully saturated rings. The molecule has 0 rings (SSSR count). The topological polar surface area (TPSA) is 46.2 Å². The predicted octanol–water partition coefficient (Wildman–Crippen LogP) is 2.23. The SMILES string of the molecule is CCS(=O)(=O)CCCCCCNCC(C)C. The van der Waals surface area contributed by atoms with Crippen LogP contribution in [-0.2, 0) is 9.84 Å². The second kappa shape index (κ2) is 8.99. The van der Waals surface area contributed by atoms with Gasteiger partial charge in [-0.3, -0.25) is 0 Å². The van der Waals surface area contributed by atoms with E-state index in [-0.39, 0.29) is 5.75 Å². The smallest absolute Gasteiger partial charge is 0.150 e. The molecule has 0 unspecified atom stereocenters. The zero-order valence-electron chi connectivity index (χ0n) is 11.0. The first-order valence-electron chi connectivity index (χ1n) is 6.39. The van der Waals surface area contributed by atoms with Crippen molar-refractivity contribution in [3.05, 3.63) is 0 Å². The molecule has 0 heterocycles. The summed E-state index contributed by atoms with van der Waals surface area (Å²) in [5.74, 6) is 1.35. The van der Waals surface area contributed by atoms with Crippen LogP contribution in [-0.4, -0.2) is 33.0 Å². The number of hydrogen-bond acceptors (Lipinski definition) is 3. The second-order valence-corrected chi connectivity index (χ2v) is 7.22. The Hall–Kier alpha value is -0.0900. The average molecular weight is 249 g/mol. The maximum absolute atomic E-state index is 11.2. The van der Waals surface area contributed by atoms with Crippen LogP contribution < -0.4 is 5.32 Å². The van der Waals surface area contributed by atoms with Gasteiger partial charge in [0.2, 0.25) is 0 Å². The van der Waals surface area contributed by atoms with E-state index in [2.05, 4.69) is 19.2 Å². The van der Waals surface area contributed by atoms with Crippen LogP contribution in [0.3, 0.4) is 0 Å². The van der Waals surface area contributed by atoms with Gasteiger partial charge in [0.1, 0.15) is 9.84 Å². The number of sulfone groups is 1. The lowest BCUT2D eigenvalue weighted by molar-refractivity contribution is 0.528. The van der Waals surface area contributed by atoms with Gasteiger partial charge < -0.3 is 5.32 Å². The summed E-state index contributed by atoms with van der Waals surface area (Å²) in [4.78, 5) is 0. The summed E-state index contributed by atoms with van der Waals surface area (Å²) in [6.45, 7) is 8.24. The largest absolute Gasteiger partial charge is 0.316 e. The molecular formula is C12H27NO2S. The van der Waals surface area contributed by atoms with Crippen molar-refractivity contribution in [3.63, 3.8) is 0 Å². The number of unbranched alkanes of at least 4 members (excludes halogenated alkanes) is 3. The first kappa shape index (κ1) is 15.9. The van der Waals surface area contributed by atoms with Crippen molar-refractivity contribution in [1.29, 1.82) is 0 Å². The Kier molecular flexibility index (Phi) is 8.94. The molecule has 98 valence electrons. The standard InChI is InChI=1S/C12H27NO2S/c1-4-16(14,15)10-8-6-5-7-9-13-11-12(2)3/h12-13H,4-11H2,1-3H3. The van der Waals surface area contributed by atoms with E-state index in [9.17, 15) is 8.42 Å². The van der Waals surface area contributed by atoms with Crippen molar-refractivity contribution in [2.75, 3.05) is 24.6 Å². The molecule has 0 aromatic carbocycles. The minimum absolute atomic E-state index is 0.281. The number of hydrogen-bond donors (Lipinski definition) is 1. The molecule has 0 amide bonds. The van der Waals surface area contributed by atoms with E-state index < -0.39 is 9.84 Å². The Bertz CT molecular complexity index is 248. The maximum atomic E-state index is 11.2. The average Bonchev–Trinajstić information content (AvgIpc) is 2.21. The van der Waals surface area contributed by atoms with Gasteiger partial charge in [-0.2, -0.15) is 0 Å². The van der Waals surface area contributed by atoms with Gasteiger partial charge in [-0.15, -0.1) is 0 Å². The van der Waals surface area contributed by atoms with E-state index in [0.717, 1.165) is 38.8 Å². The van der Waals surface area contributed by atoms with Gasteiger partial charge in [0, 0.05) is 5.75 Å². The molecule has 0 spiro atoms. The summed E-state index contributed by atoms with van der Waals surface area (Å²) in [5.41, 5.74) is 0. The summed E-state index contributed by atoms with van der Waals surface area (Å²) in [5, 5.41) is 3.38. The van der Waals surface area contributed by atoms with Gasteiger partial charge in [-0.1, -0.05) is 33.6 Å². The minimum Gasteiger partial charge on any atom is -0.316 e. The van der Waals surface area contributed by atoms with Crippen molar-refractivity contribution in [3.8, 4) is 0 Å². The van der Waals surface area contributed by atoms with Gasteiger partial charge >= 0.3 is 0 Å². The highest BCUT2D eigenvalue weighted by Crippen LogP contribution is 2.02. The van der Waals surface area contributed by atoms with Crippen LogP contribution in [0.25, 0.3) is 0 Å². The molecule has 0 bridgehead atoms. The fraction of sp³-hybridized carbons (Fsp3) is 1.00. The highest BCUT2D eigenvalue weighted by molar-refractivity contribution is 7.91. The first-order valence-corrected chi connectivity index (χ1v) is 8.21. The molecule has 0 atom stereocenters. The lowest BCUT2D eigenvalue weighted by Crippen LogP contribution is -2.20. The molecule has 1 N–H and O–H groups in total. The Balaban J connectivity index is 3.22. The molecule has 0 saturated heterocycles. The van der Waals surface area contributed by atoms with Crippen molar-refractivity contribution < 1.29 is 8.42 Å². The Morgan fingerprint density at radius 2 is 1.69 bits per heavy atom. The van der Waals surface area contributed by atoms with Crippen LogP contribution in [0.5, 0.6) is 0 Å². The van der Waals surface area contributed by atoms with Crippen LogP contribution in [0.4, 0.5) is 0 Å². The quantitative estimate of drug-likeness (QED) is 0.604. The minimum atomic E-state index is -2.74. The van der Waals surface area contributed by atoms with Crippen LogP contribution in [0, 0.1) is 5.92 Å². The van der Waals surface area contributed by atoms with E-state index in [1.807, 2.05) is 0 Å². The lowest BCUT2D eigenvalue weighted by atomic mass is 10.2. The van der Waals surface area contributed by atoms with Gasteiger partial charge in [0.25, 0.3) is 0 Å². The predicted molar refractivity (Wildman–Crippen MR) is 70.5 cm³/mol. The van der Waals surface area contributed by atoms with Crippen LogP contribution in [0.1, 0.15) is 46.5 Å². The van der Waals surface area contributed by atoms with Gasteiger partial charge in [0.05, 0.1) is 5.75 Å². The van der Waals surface area contributed by atoms with E-state index >= 15 is 0 Å². The third-order valence-corrected chi connectivity index (χ3v) is 4.34. The zero-order chi connectivity index (χ0) is 12.4. The van der Waals surface area contributed by atoms with Crippen molar-refractivity contribution >= 4 is 9.84 Å². The molecule has 0 aliphatic rings. The first-order chi connectivity index (χ1) is 7.48. The van der Waals surface area contributed by atoms with E-state index in [1.54, 1.807) is 6.92 Å². The van der Waals surface area contributed by atoms with Gasteiger partial charge in [0.15, 0.2) is 0 Å². The molecule has 0 aromatic heterocycles. The summed E-state index contributed by atoms with van der Waals surface area (Å²) >= 11 is 0. The number of rotatable bonds is 10. The van der Waals surface area contributed by atoms with Crippen LogP contribution in [0.2, 0.25) is 0 Å². The Morgan fingerprint density at radius 3 is 2.25 bits per heavy atom. The summed E-state index contributed by atoms with van der Waals surface area (Å²) in [6, 6.07) is 0. The van der Waals surface area contributed by atoms with Crippen LogP contribution in [0.15, 0.2) is 0 Å². The second-order valence-electron chi connectivity index (χ2n) is 4.75. The zero-order valence-corrected chi connectivity index (χ0v) is 11.8. The molecular weight excluding hydrogens is 222 g/mol. The van der Waals surface area contributed by atoms with Crippen LogP contribution >= 0.6 is 0 Å². The van der Waals surface area contributed by atoms with E-state index in [1.165, 1.54) is 0 Å². The fourth-order valence-electron chi connectivity index (χ4n) is 1.46. The number of nitrogens with one attached hydrogen (secondary N) is 1. The molecule has 4 heteroatoms. The molecule has 0 aliphatic carbocycles. The molecule has 3 nitrogen and oxygen atoms in total. The van der Waals surface area contributed by atoms with Crippen molar-refractivity contribution in [2.24, 2.45) is 5.92 Å². The third-order valence-electron chi connectivity index (χ3n) is 2.55. The summed E-state index contributed by atoms with van der Waals surface area (Å²) in [7, 11) is -2.74. The monoisotopic (exact) mass is 249 g/mol. The summed E-state index contributed by atoms with van der Waals surface area (Å²) < 4.78 is 22.4. The highest BCUT2D eigenvalue weighted by Gasteiger charge is 2.05. The molecule has 0 saturated carbocycles.